The van der Waals surface area contributed by atoms with Gasteiger partial charge in [-0.2, -0.15) is 0 Å². The molecular formula is C12H20N4O3S. The number of nitrogens with one attached hydrogen (secondary N) is 1. The van der Waals surface area contributed by atoms with Crippen molar-refractivity contribution in [1.82, 2.24) is 20.1 Å². The largest absolute Gasteiger partial charge is 0.352 e. The summed E-state index contributed by atoms with van der Waals surface area (Å²) in [4.78, 5) is 11.9. The number of sulfone groups is 1. The lowest BCUT2D eigenvalue weighted by molar-refractivity contribution is -0.119. The molecule has 1 amide bonds. The molecule has 8 heteroatoms. The maximum absolute atomic E-state index is 12.1. The standard InChI is InChI=1S/C12H20N4O3S/c1-9-5-3-4-6-10(9)14-11(17)7-20(18,19)12-15-13-8-16(12)2/h8-10H,3-7H2,1-2H3,(H,14,17)/t9-,10+/m1/s1. The monoisotopic (exact) mass is 300 g/mol. The van der Waals surface area contributed by atoms with Gasteiger partial charge < -0.3 is 9.88 Å². The third-order valence-electron chi connectivity index (χ3n) is 3.73. The van der Waals surface area contributed by atoms with Crippen LogP contribution in [0.4, 0.5) is 0 Å². The van der Waals surface area contributed by atoms with Gasteiger partial charge in [-0.25, -0.2) is 8.42 Å². The Bertz CT molecular complexity index is 581. The van der Waals surface area contributed by atoms with Gasteiger partial charge in [-0.1, -0.05) is 19.8 Å². The fourth-order valence-corrected chi connectivity index (χ4v) is 3.79. The first kappa shape index (κ1) is 15.0. The Hall–Kier alpha value is -1.44. The molecule has 1 aromatic rings. The molecule has 1 N–H and O–H groups in total. The van der Waals surface area contributed by atoms with Gasteiger partial charge in [-0.3, -0.25) is 4.79 Å². The first-order chi connectivity index (χ1) is 9.40. The molecule has 1 fully saturated rings. The summed E-state index contributed by atoms with van der Waals surface area (Å²) in [5.74, 6) is -0.653. The number of amides is 1. The van der Waals surface area contributed by atoms with Crippen molar-refractivity contribution < 1.29 is 13.2 Å². The summed E-state index contributed by atoms with van der Waals surface area (Å²) in [6.45, 7) is 2.08. The van der Waals surface area contributed by atoms with Gasteiger partial charge in [0.25, 0.3) is 0 Å². The summed E-state index contributed by atoms with van der Waals surface area (Å²) < 4.78 is 25.4. The Balaban J connectivity index is 1.99. The lowest BCUT2D eigenvalue weighted by Crippen LogP contribution is -2.43. The molecule has 1 aliphatic rings. The van der Waals surface area contributed by atoms with Crippen LogP contribution in [0.25, 0.3) is 0 Å². The minimum Gasteiger partial charge on any atom is -0.352 e. The highest BCUT2D eigenvalue weighted by atomic mass is 32.2. The topological polar surface area (TPSA) is 93.9 Å². The summed E-state index contributed by atoms with van der Waals surface area (Å²) in [6.07, 6.45) is 5.53. The minimum absolute atomic E-state index is 0.0750. The molecular weight excluding hydrogens is 280 g/mol. The maximum atomic E-state index is 12.1. The molecule has 1 aliphatic carbocycles. The van der Waals surface area contributed by atoms with E-state index in [0.29, 0.717) is 5.92 Å². The summed E-state index contributed by atoms with van der Waals surface area (Å²) in [5.41, 5.74) is 0. The molecule has 1 aromatic heterocycles. The lowest BCUT2D eigenvalue weighted by atomic mass is 9.86. The highest BCUT2D eigenvalue weighted by Crippen LogP contribution is 2.23. The van der Waals surface area contributed by atoms with E-state index in [1.807, 2.05) is 0 Å². The minimum atomic E-state index is -3.74. The Kier molecular flexibility index (Phi) is 4.42. The predicted octanol–water partition coefficient (Wildman–Crippen LogP) is 0.284. The van der Waals surface area contributed by atoms with E-state index in [9.17, 15) is 13.2 Å². The first-order valence-corrected chi connectivity index (χ1v) is 8.41. The number of nitrogens with zero attached hydrogens (tertiary/aromatic N) is 3. The number of carbonyl (C=O) groups is 1. The summed E-state index contributed by atoms with van der Waals surface area (Å²) >= 11 is 0. The molecule has 1 saturated carbocycles. The van der Waals surface area contributed by atoms with Crippen LogP contribution < -0.4 is 5.32 Å². The van der Waals surface area contributed by atoms with Crippen LogP contribution in [0.15, 0.2) is 11.5 Å². The van der Waals surface area contributed by atoms with Gasteiger partial charge in [-0.15, -0.1) is 10.2 Å². The highest BCUT2D eigenvalue weighted by molar-refractivity contribution is 7.91. The number of hydrogen-bond acceptors (Lipinski definition) is 5. The van der Waals surface area contributed by atoms with E-state index >= 15 is 0 Å². The molecule has 7 nitrogen and oxygen atoms in total. The second-order valence-electron chi connectivity index (χ2n) is 5.42. The average Bonchev–Trinajstić information content (AvgIpc) is 2.78. The zero-order chi connectivity index (χ0) is 14.8. The Morgan fingerprint density at radius 3 is 2.75 bits per heavy atom. The predicted molar refractivity (Wildman–Crippen MR) is 72.6 cm³/mol. The fourth-order valence-electron chi connectivity index (χ4n) is 2.57. The third kappa shape index (κ3) is 3.36. The lowest BCUT2D eigenvalue weighted by Gasteiger charge is -2.29. The van der Waals surface area contributed by atoms with Crippen LogP contribution in [0.5, 0.6) is 0 Å². The van der Waals surface area contributed by atoms with E-state index < -0.39 is 21.5 Å². The summed E-state index contributed by atoms with van der Waals surface area (Å²) in [7, 11) is -2.20. The maximum Gasteiger partial charge on any atom is 0.249 e. The molecule has 0 bridgehead atoms. The van der Waals surface area contributed by atoms with E-state index in [-0.39, 0.29) is 11.2 Å². The van der Waals surface area contributed by atoms with Crippen LogP contribution in [-0.2, 0) is 21.7 Å². The van der Waals surface area contributed by atoms with Gasteiger partial charge in [0, 0.05) is 13.1 Å². The molecule has 112 valence electrons. The normalized spacial score (nSPS) is 23.5. The molecule has 0 spiro atoms. The van der Waals surface area contributed by atoms with Gasteiger partial charge in [0.1, 0.15) is 12.1 Å². The Morgan fingerprint density at radius 2 is 2.15 bits per heavy atom. The number of carbonyl (C=O) groups excluding carboxylic acids is 1. The van der Waals surface area contributed by atoms with Gasteiger partial charge in [0.15, 0.2) is 0 Å². The fraction of sp³-hybridized carbons (Fsp3) is 0.750. The number of rotatable bonds is 4. The van der Waals surface area contributed by atoms with Crippen molar-refractivity contribution in [2.24, 2.45) is 13.0 Å². The molecule has 0 radical (unpaired) electrons. The van der Waals surface area contributed by atoms with Crippen molar-refractivity contribution in [2.75, 3.05) is 5.75 Å². The Labute approximate surface area is 118 Å². The summed E-state index contributed by atoms with van der Waals surface area (Å²) in [5, 5.41) is 9.73. The van der Waals surface area contributed by atoms with E-state index in [1.165, 1.54) is 24.4 Å². The first-order valence-electron chi connectivity index (χ1n) is 6.76. The van der Waals surface area contributed by atoms with Crippen molar-refractivity contribution in [3.63, 3.8) is 0 Å². The van der Waals surface area contributed by atoms with Crippen LogP contribution >= 0.6 is 0 Å². The second kappa shape index (κ2) is 5.90. The average molecular weight is 300 g/mol. The third-order valence-corrected chi connectivity index (χ3v) is 5.30. The highest BCUT2D eigenvalue weighted by Gasteiger charge is 2.28. The van der Waals surface area contributed by atoms with Gasteiger partial charge in [0.2, 0.25) is 20.9 Å². The summed E-state index contributed by atoms with van der Waals surface area (Å²) in [6, 6.07) is 0.0750. The quantitative estimate of drug-likeness (QED) is 0.862. The van der Waals surface area contributed by atoms with Gasteiger partial charge >= 0.3 is 0 Å². The molecule has 20 heavy (non-hydrogen) atoms. The molecule has 0 saturated heterocycles. The number of aromatic nitrogens is 3. The zero-order valence-corrected chi connectivity index (χ0v) is 12.6. The van der Waals surface area contributed by atoms with Crippen LogP contribution in [-0.4, -0.2) is 40.9 Å². The van der Waals surface area contributed by atoms with Crippen molar-refractivity contribution in [3.05, 3.63) is 6.33 Å². The van der Waals surface area contributed by atoms with E-state index in [4.69, 9.17) is 0 Å². The molecule has 0 unspecified atom stereocenters. The van der Waals surface area contributed by atoms with Gasteiger partial charge in [-0.05, 0) is 18.8 Å². The molecule has 1 heterocycles. The van der Waals surface area contributed by atoms with Crippen molar-refractivity contribution >= 4 is 15.7 Å². The van der Waals surface area contributed by atoms with Crippen LogP contribution in [0.3, 0.4) is 0 Å². The number of hydrogen-bond donors (Lipinski definition) is 1. The Morgan fingerprint density at radius 1 is 1.45 bits per heavy atom. The molecule has 2 rings (SSSR count). The van der Waals surface area contributed by atoms with Crippen LogP contribution in [0.2, 0.25) is 0 Å². The molecule has 0 aliphatic heterocycles. The van der Waals surface area contributed by atoms with E-state index in [2.05, 4.69) is 22.4 Å². The second-order valence-corrected chi connectivity index (χ2v) is 7.30. The van der Waals surface area contributed by atoms with Crippen molar-refractivity contribution in [3.8, 4) is 0 Å². The zero-order valence-electron chi connectivity index (χ0n) is 11.7. The van der Waals surface area contributed by atoms with Crippen molar-refractivity contribution in [2.45, 2.75) is 43.8 Å². The molecule has 2 atom stereocenters. The SMILES string of the molecule is C[C@@H]1CCCC[C@@H]1NC(=O)CS(=O)(=O)c1nncn1C. The molecule has 0 aromatic carbocycles. The smallest absolute Gasteiger partial charge is 0.249 e. The van der Waals surface area contributed by atoms with E-state index in [0.717, 1.165) is 19.3 Å². The van der Waals surface area contributed by atoms with E-state index in [1.54, 1.807) is 0 Å². The van der Waals surface area contributed by atoms with Gasteiger partial charge in [0.05, 0.1) is 0 Å². The van der Waals surface area contributed by atoms with Crippen LogP contribution in [0.1, 0.15) is 32.6 Å². The van der Waals surface area contributed by atoms with Crippen LogP contribution in [0, 0.1) is 5.92 Å². The van der Waals surface area contributed by atoms with Crippen molar-refractivity contribution in [1.29, 1.82) is 0 Å². The number of aryl methyl sites for hydroxylation is 1.